The van der Waals surface area contributed by atoms with Gasteiger partial charge < -0.3 is 0 Å². The van der Waals surface area contributed by atoms with Crippen LogP contribution in [0.5, 0.6) is 0 Å². The summed E-state index contributed by atoms with van der Waals surface area (Å²) in [5.41, 5.74) is -1.77. The summed E-state index contributed by atoms with van der Waals surface area (Å²) in [5.74, 6) is -7.12. The van der Waals surface area contributed by atoms with Crippen molar-refractivity contribution in [3.8, 4) is 0 Å². The van der Waals surface area contributed by atoms with E-state index in [1.807, 2.05) is 18.7 Å². The molecule has 0 N–H and O–H groups in total. The van der Waals surface area contributed by atoms with Gasteiger partial charge in [-0.1, -0.05) is 0 Å². The number of nitro benzene ring substituents is 1. The monoisotopic (exact) mass is 393 g/mol. The van der Waals surface area contributed by atoms with Gasteiger partial charge in [-0.3, -0.25) is 0 Å². The number of rotatable bonds is 2. The summed E-state index contributed by atoms with van der Waals surface area (Å²) in [6.07, 6.45) is 0. The van der Waals surface area contributed by atoms with Crippen molar-refractivity contribution in [2.24, 2.45) is 0 Å². The van der Waals surface area contributed by atoms with Crippen molar-refractivity contribution < 1.29 is 22.5 Å². The number of benzene rings is 1. The van der Waals surface area contributed by atoms with Gasteiger partial charge in [-0.05, 0) is 0 Å². The van der Waals surface area contributed by atoms with E-state index < -0.39 is 46.4 Å². The Balaban J connectivity index is 1.93. The summed E-state index contributed by atoms with van der Waals surface area (Å²) in [4.78, 5) is 9.52. The van der Waals surface area contributed by atoms with Crippen molar-refractivity contribution in [1.29, 1.82) is 0 Å². The average Bonchev–Trinajstić information content (AvgIpc) is 3.22. The SMILES string of the molecule is O=[N+]([O-])c1c(F)c(F)c(P234N5CCN2CCN3CCN4CC5)c(F)c1F. The van der Waals surface area contributed by atoms with Crippen molar-refractivity contribution in [3.05, 3.63) is 33.4 Å². The van der Waals surface area contributed by atoms with Crippen LogP contribution in [0.1, 0.15) is 0 Å². The molecular formula is C14H16F4N5O2P. The first kappa shape index (κ1) is 16.8. The second-order valence-corrected chi connectivity index (χ2v) is 11.5. The van der Waals surface area contributed by atoms with Crippen LogP contribution in [0.2, 0.25) is 0 Å². The molecule has 0 atom stereocenters. The molecule has 0 aliphatic carbocycles. The van der Waals surface area contributed by atoms with E-state index in [1.54, 1.807) is 0 Å². The zero-order valence-corrected chi connectivity index (χ0v) is 14.6. The summed E-state index contributed by atoms with van der Waals surface area (Å²) in [6, 6.07) is 0. The molecule has 0 amide bonds. The predicted octanol–water partition coefficient (Wildman–Crippen LogP) is 1.25. The summed E-state index contributed by atoms with van der Waals surface area (Å²) in [5, 5.41) is 10.3. The van der Waals surface area contributed by atoms with Gasteiger partial charge in [0, 0.05) is 0 Å². The zero-order valence-electron chi connectivity index (χ0n) is 13.7. The predicted molar refractivity (Wildman–Crippen MR) is 85.8 cm³/mol. The Morgan fingerprint density at radius 3 is 1.27 bits per heavy atom. The standard InChI is InChI=1S/C14H16F4N5O2P/c15-9-11(17)14(12(18)10(16)13(9)23(24)25)26-19-1-2-20(26)5-6-22(26)8-7-21(26)4-3-19/h1-8H2. The molecule has 4 aliphatic heterocycles. The first-order valence-electron chi connectivity index (χ1n) is 8.40. The minimum absolute atomic E-state index is 0.546. The maximum atomic E-state index is 15.2. The van der Waals surface area contributed by atoms with Gasteiger partial charge in [0.15, 0.2) is 0 Å². The van der Waals surface area contributed by atoms with Gasteiger partial charge in [-0.2, -0.15) is 0 Å². The first-order valence-corrected chi connectivity index (χ1v) is 10.4. The zero-order chi connectivity index (χ0) is 18.5. The van der Waals surface area contributed by atoms with Crippen molar-refractivity contribution in [3.63, 3.8) is 0 Å². The number of nitro groups is 1. The Kier molecular flexibility index (Phi) is 3.16. The van der Waals surface area contributed by atoms with Gasteiger partial charge in [-0.25, -0.2) is 0 Å². The van der Waals surface area contributed by atoms with Crippen LogP contribution in [0.15, 0.2) is 0 Å². The molecule has 0 saturated carbocycles. The minimum atomic E-state index is -3.93. The summed E-state index contributed by atoms with van der Waals surface area (Å²) in [7, 11) is -3.93. The van der Waals surface area contributed by atoms with Crippen LogP contribution >= 0.6 is 7.21 Å². The van der Waals surface area contributed by atoms with Crippen LogP contribution in [0.4, 0.5) is 23.2 Å². The fraction of sp³-hybridized carbons (Fsp3) is 0.571. The van der Waals surface area contributed by atoms with E-state index in [4.69, 9.17) is 0 Å². The number of halogens is 4. The van der Waals surface area contributed by atoms with Crippen molar-refractivity contribution in [2.45, 2.75) is 0 Å². The Morgan fingerprint density at radius 2 is 1.00 bits per heavy atom. The number of hydrogen-bond acceptors (Lipinski definition) is 6. The molecule has 0 unspecified atom stereocenters. The molecule has 0 aromatic heterocycles. The maximum absolute atomic E-state index is 15.2. The van der Waals surface area contributed by atoms with E-state index in [0.717, 1.165) is 0 Å². The quantitative estimate of drug-likeness (QED) is 0.248. The molecule has 4 saturated heterocycles. The van der Waals surface area contributed by atoms with Crippen LogP contribution in [0, 0.1) is 33.4 Å². The average molecular weight is 393 g/mol. The van der Waals surface area contributed by atoms with Gasteiger partial charge in [0.25, 0.3) is 0 Å². The molecule has 1 aromatic rings. The third-order valence-electron chi connectivity index (χ3n) is 6.35. The van der Waals surface area contributed by atoms with Gasteiger partial charge in [-0.15, -0.1) is 0 Å². The van der Waals surface area contributed by atoms with Crippen LogP contribution in [0.25, 0.3) is 0 Å². The van der Waals surface area contributed by atoms with E-state index in [1.165, 1.54) is 0 Å². The molecule has 1 spiro atoms. The second kappa shape index (κ2) is 4.90. The molecule has 142 valence electrons. The normalized spacial score (nSPS) is 28.8. The van der Waals surface area contributed by atoms with Gasteiger partial charge in [0.2, 0.25) is 0 Å². The van der Waals surface area contributed by atoms with E-state index in [-0.39, 0.29) is 0 Å². The molecule has 7 nitrogen and oxygen atoms in total. The molecule has 26 heavy (non-hydrogen) atoms. The van der Waals surface area contributed by atoms with E-state index in [9.17, 15) is 18.9 Å². The van der Waals surface area contributed by atoms with E-state index in [0.29, 0.717) is 52.4 Å². The van der Waals surface area contributed by atoms with Crippen LogP contribution in [-0.4, -0.2) is 76.0 Å². The van der Waals surface area contributed by atoms with Crippen LogP contribution < -0.4 is 5.30 Å². The molecule has 5 rings (SSSR count). The van der Waals surface area contributed by atoms with Crippen LogP contribution in [0.3, 0.4) is 0 Å². The Morgan fingerprint density at radius 1 is 0.692 bits per heavy atom. The molecule has 4 fully saturated rings. The molecule has 12 heteroatoms. The summed E-state index contributed by atoms with van der Waals surface area (Å²) >= 11 is 0. The molecule has 4 heterocycles. The molecule has 1 aromatic carbocycles. The number of hydrogen-bond donors (Lipinski definition) is 0. The van der Waals surface area contributed by atoms with E-state index in [2.05, 4.69) is 0 Å². The fourth-order valence-corrected chi connectivity index (χ4v) is 13.4. The van der Waals surface area contributed by atoms with Gasteiger partial charge in [0.05, 0.1) is 0 Å². The third kappa shape index (κ3) is 1.41. The molecule has 0 radical (unpaired) electrons. The Bertz CT molecular complexity index is 766. The Hall–Kier alpha value is -1.39. The van der Waals surface area contributed by atoms with Gasteiger partial charge in [0.1, 0.15) is 0 Å². The van der Waals surface area contributed by atoms with Crippen molar-refractivity contribution in [2.75, 3.05) is 52.4 Å². The van der Waals surface area contributed by atoms with Gasteiger partial charge >= 0.3 is 145 Å². The van der Waals surface area contributed by atoms with E-state index >= 15 is 8.78 Å². The first-order chi connectivity index (χ1) is 12.4. The molecular weight excluding hydrogens is 377 g/mol. The van der Waals surface area contributed by atoms with Crippen LogP contribution in [-0.2, 0) is 0 Å². The second-order valence-electron chi connectivity index (χ2n) is 6.96. The third-order valence-corrected chi connectivity index (χ3v) is 13.3. The Labute approximate surface area is 146 Å². The molecule has 0 bridgehead atoms. The summed E-state index contributed by atoms with van der Waals surface area (Å²) in [6.45, 7) is 4.36. The van der Waals surface area contributed by atoms with Crippen molar-refractivity contribution in [1.82, 2.24) is 18.7 Å². The molecule has 4 aliphatic rings. The number of nitrogens with zero attached hydrogens (tertiary/aromatic N) is 5. The summed E-state index contributed by atoms with van der Waals surface area (Å²) < 4.78 is 67.3. The van der Waals surface area contributed by atoms with Crippen molar-refractivity contribution >= 4 is 18.2 Å². The fourth-order valence-electron chi connectivity index (χ4n) is 5.60. The topological polar surface area (TPSA) is 56.1 Å².